The highest BCUT2D eigenvalue weighted by atomic mass is 35.5. The quantitative estimate of drug-likeness (QED) is 0.925. The van der Waals surface area contributed by atoms with Gasteiger partial charge in [-0.15, -0.1) is 0 Å². The van der Waals surface area contributed by atoms with Crippen molar-refractivity contribution in [1.29, 1.82) is 5.26 Å². The fraction of sp³-hybridized carbons (Fsp3) is 0.211. The molecule has 0 radical (unpaired) electrons. The summed E-state index contributed by atoms with van der Waals surface area (Å²) in [5.74, 6) is -0.642. The van der Waals surface area contributed by atoms with Crippen molar-refractivity contribution in [2.24, 2.45) is 0 Å². The normalized spacial score (nSPS) is 17.5. The average Bonchev–Trinajstić information content (AvgIpc) is 2.61. The van der Waals surface area contributed by atoms with E-state index in [1.165, 1.54) is 0 Å². The van der Waals surface area contributed by atoms with Crippen molar-refractivity contribution in [2.75, 3.05) is 0 Å². The van der Waals surface area contributed by atoms with E-state index in [9.17, 15) is 14.9 Å². The molecule has 1 amide bonds. The molecule has 1 N–H and O–H groups in total. The van der Waals surface area contributed by atoms with Gasteiger partial charge in [-0.05, 0) is 18.1 Å². The van der Waals surface area contributed by atoms with Gasteiger partial charge in [-0.25, -0.2) is 0 Å². The molecule has 0 heterocycles. The minimum Gasteiger partial charge on any atom is -0.336 e. The van der Waals surface area contributed by atoms with Crippen LogP contribution in [0.15, 0.2) is 48.5 Å². The Morgan fingerprint density at radius 2 is 1.92 bits per heavy atom. The number of ketones is 1. The Bertz CT molecular complexity index is 841. The second-order valence-corrected chi connectivity index (χ2v) is 6.10. The molecule has 2 atom stereocenters. The Morgan fingerprint density at radius 1 is 1.21 bits per heavy atom. The lowest BCUT2D eigenvalue weighted by molar-refractivity contribution is -0.123. The highest BCUT2D eigenvalue weighted by molar-refractivity contribution is 6.31. The molecule has 5 heteroatoms. The van der Waals surface area contributed by atoms with Crippen molar-refractivity contribution < 1.29 is 9.59 Å². The Morgan fingerprint density at radius 3 is 2.67 bits per heavy atom. The van der Waals surface area contributed by atoms with Gasteiger partial charge in [-0.1, -0.05) is 54.1 Å². The SMILES string of the molecule is N#C[C@@H](NC(=O)[C@H]1CCC(=O)c2ccccc21)c1ccccc1Cl. The highest BCUT2D eigenvalue weighted by Gasteiger charge is 2.31. The number of amides is 1. The van der Waals surface area contributed by atoms with E-state index in [-0.39, 0.29) is 11.7 Å². The minimum absolute atomic E-state index is 0.0533. The summed E-state index contributed by atoms with van der Waals surface area (Å²) in [5, 5.41) is 12.6. The number of nitriles is 1. The standard InChI is InChI=1S/C19H15ClN2O2/c20-16-8-4-3-7-15(16)17(11-21)22-19(24)14-9-10-18(23)13-6-2-1-5-12(13)14/h1-8,14,17H,9-10H2,(H,22,24)/t14-,17+/m0/s1. The van der Waals surface area contributed by atoms with Crippen LogP contribution in [-0.4, -0.2) is 11.7 Å². The van der Waals surface area contributed by atoms with E-state index in [1.54, 1.807) is 42.5 Å². The van der Waals surface area contributed by atoms with E-state index in [0.29, 0.717) is 29.0 Å². The molecule has 0 aromatic heterocycles. The summed E-state index contributed by atoms with van der Waals surface area (Å²) in [5.41, 5.74) is 1.88. The second kappa shape index (κ2) is 6.86. The maximum absolute atomic E-state index is 12.7. The van der Waals surface area contributed by atoms with Gasteiger partial charge in [-0.3, -0.25) is 9.59 Å². The lowest BCUT2D eigenvalue weighted by Gasteiger charge is -2.25. The van der Waals surface area contributed by atoms with Crippen molar-refractivity contribution in [1.82, 2.24) is 5.32 Å². The molecule has 0 spiro atoms. The maximum atomic E-state index is 12.7. The predicted octanol–water partition coefficient (Wildman–Crippen LogP) is 3.78. The molecular weight excluding hydrogens is 324 g/mol. The Kier molecular flexibility index (Phi) is 4.64. The van der Waals surface area contributed by atoms with E-state index in [2.05, 4.69) is 11.4 Å². The van der Waals surface area contributed by atoms with Crippen LogP contribution in [0.3, 0.4) is 0 Å². The third-order valence-electron chi connectivity index (χ3n) is 4.25. The molecule has 0 aliphatic heterocycles. The second-order valence-electron chi connectivity index (χ2n) is 5.69. The first-order valence-corrected chi connectivity index (χ1v) is 8.06. The third kappa shape index (κ3) is 3.04. The van der Waals surface area contributed by atoms with Gasteiger partial charge in [0.05, 0.1) is 12.0 Å². The number of halogens is 1. The summed E-state index contributed by atoms with van der Waals surface area (Å²) in [7, 11) is 0. The molecule has 2 aromatic carbocycles. The van der Waals surface area contributed by atoms with Crippen LogP contribution in [0.25, 0.3) is 0 Å². The van der Waals surface area contributed by atoms with Gasteiger partial charge in [-0.2, -0.15) is 5.26 Å². The predicted molar refractivity (Wildman–Crippen MR) is 90.7 cm³/mol. The summed E-state index contributed by atoms with van der Waals surface area (Å²) in [6.45, 7) is 0. The van der Waals surface area contributed by atoms with E-state index >= 15 is 0 Å². The van der Waals surface area contributed by atoms with Crippen molar-refractivity contribution >= 4 is 23.3 Å². The molecule has 0 unspecified atom stereocenters. The fourth-order valence-corrected chi connectivity index (χ4v) is 3.27. The number of Topliss-reactive ketones (excluding diaryl/α,β-unsaturated/α-hetero) is 1. The molecule has 4 nitrogen and oxygen atoms in total. The van der Waals surface area contributed by atoms with Gasteiger partial charge < -0.3 is 5.32 Å². The largest absolute Gasteiger partial charge is 0.336 e. The molecule has 2 aromatic rings. The summed E-state index contributed by atoms with van der Waals surface area (Å²) < 4.78 is 0. The molecule has 120 valence electrons. The summed E-state index contributed by atoms with van der Waals surface area (Å²) in [6.07, 6.45) is 0.779. The summed E-state index contributed by atoms with van der Waals surface area (Å²) in [4.78, 5) is 24.7. The summed E-state index contributed by atoms with van der Waals surface area (Å²) >= 11 is 6.12. The highest BCUT2D eigenvalue weighted by Crippen LogP contribution is 2.32. The van der Waals surface area contributed by atoms with Crippen LogP contribution in [0.4, 0.5) is 0 Å². The summed E-state index contributed by atoms with van der Waals surface area (Å²) in [6, 6.07) is 15.3. The number of fused-ring (bicyclic) bond motifs is 1. The number of hydrogen-bond donors (Lipinski definition) is 1. The van der Waals surface area contributed by atoms with Crippen molar-refractivity contribution in [3.8, 4) is 6.07 Å². The van der Waals surface area contributed by atoms with E-state index in [4.69, 9.17) is 11.6 Å². The zero-order chi connectivity index (χ0) is 17.1. The number of benzene rings is 2. The zero-order valence-corrected chi connectivity index (χ0v) is 13.6. The fourth-order valence-electron chi connectivity index (χ4n) is 3.02. The van der Waals surface area contributed by atoms with Gasteiger partial charge >= 0.3 is 0 Å². The van der Waals surface area contributed by atoms with E-state index in [0.717, 1.165) is 5.56 Å². The van der Waals surface area contributed by atoms with Gasteiger partial charge in [0.15, 0.2) is 5.78 Å². The lowest BCUT2D eigenvalue weighted by Crippen LogP contribution is -2.34. The molecule has 0 saturated heterocycles. The van der Waals surface area contributed by atoms with Crippen LogP contribution in [0.2, 0.25) is 5.02 Å². The van der Waals surface area contributed by atoms with Crippen molar-refractivity contribution in [3.05, 3.63) is 70.2 Å². The lowest BCUT2D eigenvalue weighted by atomic mass is 9.81. The van der Waals surface area contributed by atoms with Crippen LogP contribution in [0.1, 0.15) is 46.3 Å². The number of carbonyl (C=O) groups is 2. The van der Waals surface area contributed by atoms with Crippen molar-refractivity contribution in [2.45, 2.75) is 24.8 Å². The van der Waals surface area contributed by atoms with Gasteiger partial charge in [0.2, 0.25) is 5.91 Å². The molecular formula is C19H15ClN2O2. The minimum atomic E-state index is -0.823. The monoisotopic (exact) mass is 338 g/mol. The molecule has 1 aliphatic carbocycles. The molecule has 3 rings (SSSR count). The first-order chi connectivity index (χ1) is 11.6. The number of carbonyl (C=O) groups excluding carboxylic acids is 2. The third-order valence-corrected chi connectivity index (χ3v) is 4.59. The number of rotatable bonds is 3. The first-order valence-electron chi connectivity index (χ1n) is 7.68. The molecule has 0 saturated carbocycles. The zero-order valence-electron chi connectivity index (χ0n) is 12.8. The van der Waals surface area contributed by atoms with Gasteiger partial charge in [0.25, 0.3) is 0 Å². The van der Waals surface area contributed by atoms with Crippen LogP contribution >= 0.6 is 11.6 Å². The van der Waals surface area contributed by atoms with Gasteiger partial charge in [0.1, 0.15) is 6.04 Å². The Labute approximate surface area is 145 Å². The smallest absolute Gasteiger partial charge is 0.228 e. The molecule has 0 bridgehead atoms. The molecule has 1 aliphatic rings. The number of nitrogens with one attached hydrogen (secondary N) is 1. The van der Waals surface area contributed by atoms with E-state index < -0.39 is 12.0 Å². The first kappa shape index (κ1) is 16.2. The number of nitrogens with zero attached hydrogens (tertiary/aromatic N) is 1. The molecule has 24 heavy (non-hydrogen) atoms. The van der Waals surface area contributed by atoms with Gasteiger partial charge in [0, 0.05) is 22.6 Å². The maximum Gasteiger partial charge on any atom is 0.228 e. The number of hydrogen-bond acceptors (Lipinski definition) is 3. The van der Waals surface area contributed by atoms with Crippen LogP contribution in [-0.2, 0) is 4.79 Å². The van der Waals surface area contributed by atoms with E-state index in [1.807, 2.05) is 6.07 Å². The van der Waals surface area contributed by atoms with Crippen LogP contribution in [0.5, 0.6) is 0 Å². The Hall–Kier alpha value is -2.64. The Balaban J connectivity index is 1.85. The molecule has 0 fully saturated rings. The van der Waals surface area contributed by atoms with Crippen LogP contribution in [0, 0.1) is 11.3 Å². The van der Waals surface area contributed by atoms with Crippen molar-refractivity contribution in [3.63, 3.8) is 0 Å². The topological polar surface area (TPSA) is 70.0 Å². The van der Waals surface area contributed by atoms with Crippen LogP contribution < -0.4 is 5.32 Å². The average molecular weight is 339 g/mol.